The Morgan fingerprint density at radius 3 is 3.05 bits per heavy atom. The molecule has 0 aromatic carbocycles. The first-order valence-electron chi connectivity index (χ1n) is 6.88. The minimum absolute atomic E-state index is 0.474. The van der Waals surface area contributed by atoms with E-state index in [4.69, 9.17) is 4.74 Å². The van der Waals surface area contributed by atoms with Gasteiger partial charge in [0.25, 0.3) is 0 Å². The summed E-state index contributed by atoms with van der Waals surface area (Å²) in [5.74, 6) is 0. The normalized spacial score (nSPS) is 29.2. The van der Waals surface area contributed by atoms with Crippen LogP contribution < -0.4 is 5.32 Å². The van der Waals surface area contributed by atoms with Crippen LogP contribution in [0.2, 0.25) is 0 Å². The molecule has 2 saturated heterocycles. The van der Waals surface area contributed by atoms with Crippen molar-refractivity contribution in [2.45, 2.75) is 44.1 Å². The highest BCUT2D eigenvalue weighted by atomic mass is 32.1. The van der Waals surface area contributed by atoms with Crippen LogP contribution in [-0.4, -0.2) is 18.2 Å². The predicted molar refractivity (Wildman–Crippen MR) is 80.8 cm³/mol. The summed E-state index contributed by atoms with van der Waals surface area (Å²) in [7, 11) is 0. The van der Waals surface area contributed by atoms with Crippen molar-refractivity contribution in [2.24, 2.45) is 0 Å². The number of nitrogens with one attached hydrogen (secondary N) is 1. The molecule has 2 aliphatic rings. The van der Waals surface area contributed by atoms with Crippen molar-refractivity contribution in [3.05, 3.63) is 33.8 Å². The highest BCUT2D eigenvalue weighted by Gasteiger charge is 2.40. The van der Waals surface area contributed by atoms with Crippen molar-refractivity contribution in [3.63, 3.8) is 0 Å². The number of hydrogen-bond donors (Lipinski definition) is 1. The van der Waals surface area contributed by atoms with Gasteiger partial charge in [-0.05, 0) is 42.2 Å². The predicted octanol–water partition coefficient (Wildman–Crippen LogP) is 3.89. The summed E-state index contributed by atoms with van der Waals surface area (Å²) in [6.45, 7) is 0.979. The fourth-order valence-corrected chi connectivity index (χ4v) is 4.75. The van der Waals surface area contributed by atoms with Crippen LogP contribution in [0.25, 0.3) is 10.4 Å². The van der Waals surface area contributed by atoms with Crippen LogP contribution in [0.4, 0.5) is 0 Å². The molecule has 3 atom stereocenters. The monoisotopic (exact) mass is 291 g/mol. The molecule has 2 aromatic heterocycles. The third kappa shape index (κ3) is 2.38. The molecule has 2 aliphatic heterocycles. The number of thiophene rings is 2. The molecule has 0 spiro atoms. The van der Waals surface area contributed by atoms with Crippen LogP contribution in [-0.2, 0) is 11.3 Å². The van der Waals surface area contributed by atoms with E-state index >= 15 is 0 Å². The average molecular weight is 291 g/mol. The first-order valence-corrected chi connectivity index (χ1v) is 8.64. The zero-order chi connectivity index (χ0) is 12.7. The molecule has 4 rings (SSSR count). The van der Waals surface area contributed by atoms with Crippen molar-refractivity contribution in [2.75, 3.05) is 0 Å². The lowest BCUT2D eigenvalue weighted by atomic mass is 9.95. The van der Waals surface area contributed by atoms with Crippen LogP contribution in [0.1, 0.15) is 24.1 Å². The minimum Gasteiger partial charge on any atom is -0.373 e. The maximum absolute atomic E-state index is 5.88. The number of rotatable bonds is 4. The Morgan fingerprint density at radius 2 is 2.32 bits per heavy atom. The molecule has 2 nitrogen and oxygen atoms in total. The fourth-order valence-electron chi connectivity index (χ4n) is 3.13. The summed E-state index contributed by atoms with van der Waals surface area (Å²) in [5.41, 5.74) is 1.36. The van der Waals surface area contributed by atoms with Gasteiger partial charge in [-0.3, -0.25) is 0 Å². The van der Waals surface area contributed by atoms with Gasteiger partial charge in [0.05, 0.1) is 12.2 Å². The number of ether oxygens (including phenoxy) is 1. The Labute approximate surface area is 121 Å². The number of fused-ring (bicyclic) bond motifs is 2. The molecule has 2 aromatic rings. The molecule has 0 amide bonds. The molecule has 100 valence electrons. The molecule has 0 aliphatic carbocycles. The van der Waals surface area contributed by atoms with Crippen molar-refractivity contribution >= 4 is 22.7 Å². The highest BCUT2D eigenvalue weighted by molar-refractivity contribution is 7.14. The summed E-state index contributed by atoms with van der Waals surface area (Å²) in [6, 6.07) is 7.19. The third-order valence-electron chi connectivity index (χ3n) is 4.10. The molecule has 2 bridgehead atoms. The molecule has 0 radical (unpaired) electrons. The van der Waals surface area contributed by atoms with E-state index in [-0.39, 0.29) is 0 Å². The van der Waals surface area contributed by atoms with Gasteiger partial charge in [0.1, 0.15) is 0 Å². The molecule has 0 saturated carbocycles. The number of hydrogen-bond acceptors (Lipinski definition) is 4. The molecule has 19 heavy (non-hydrogen) atoms. The summed E-state index contributed by atoms with van der Waals surface area (Å²) in [6.07, 6.45) is 4.72. The molecule has 2 fully saturated rings. The molecule has 4 heteroatoms. The second-order valence-electron chi connectivity index (χ2n) is 5.38. The molecule has 1 N–H and O–H groups in total. The van der Waals surface area contributed by atoms with Gasteiger partial charge in [0, 0.05) is 27.9 Å². The average Bonchev–Trinajstić information content (AvgIpc) is 3.17. The molecular formula is C15H17NOS2. The van der Waals surface area contributed by atoms with Gasteiger partial charge in [-0.2, -0.15) is 0 Å². The van der Waals surface area contributed by atoms with Gasteiger partial charge in [-0.1, -0.05) is 6.07 Å². The van der Waals surface area contributed by atoms with Crippen LogP contribution in [0, 0.1) is 0 Å². The lowest BCUT2D eigenvalue weighted by Gasteiger charge is -2.19. The SMILES string of the molecule is c1csc(-c2csc(CNC3CC4CCC3O4)c2)c1. The zero-order valence-corrected chi connectivity index (χ0v) is 12.3. The quantitative estimate of drug-likeness (QED) is 0.923. The first-order chi connectivity index (χ1) is 9.38. The Balaban J connectivity index is 1.38. The van der Waals surface area contributed by atoms with Gasteiger partial charge in [0.2, 0.25) is 0 Å². The topological polar surface area (TPSA) is 21.3 Å². The van der Waals surface area contributed by atoms with Crippen LogP contribution in [0.15, 0.2) is 29.0 Å². The largest absolute Gasteiger partial charge is 0.373 e. The van der Waals surface area contributed by atoms with Crippen molar-refractivity contribution in [3.8, 4) is 10.4 Å². The molecule has 3 unspecified atom stereocenters. The Morgan fingerprint density at radius 1 is 1.32 bits per heavy atom. The van der Waals surface area contributed by atoms with Crippen LogP contribution in [0.5, 0.6) is 0 Å². The molecular weight excluding hydrogens is 274 g/mol. The summed E-state index contributed by atoms with van der Waals surface area (Å²) < 4.78 is 5.88. The van der Waals surface area contributed by atoms with E-state index in [1.54, 1.807) is 0 Å². The van der Waals surface area contributed by atoms with Crippen molar-refractivity contribution in [1.82, 2.24) is 5.32 Å². The maximum Gasteiger partial charge on any atom is 0.0733 e. The van der Waals surface area contributed by atoms with Gasteiger partial charge >= 0.3 is 0 Å². The van der Waals surface area contributed by atoms with Crippen LogP contribution in [0.3, 0.4) is 0 Å². The smallest absolute Gasteiger partial charge is 0.0733 e. The van der Waals surface area contributed by atoms with E-state index in [0.29, 0.717) is 18.2 Å². The van der Waals surface area contributed by atoms with E-state index < -0.39 is 0 Å². The maximum atomic E-state index is 5.88. The highest BCUT2D eigenvalue weighted by Crippen LogP contribution is 2.35. The van der Waals surface area contributed by atoms with E-state index in [9.17, 15) is 0 Å². The summed E-state index contributed by atoms with van der Waals surface area (Å²) in [4.78, 5) is 2.79. The zero-order valence-electron chi connectivity index (χ0n) is 10.7. The van der Waals surface area contributed by atoms with Gasteiger partial charge < -0.3 is 10.1 Å². The van der Waals surface area contributed by atoms with Gasteiger partial charge in [-0.25, -0.2) is 0 Å². The standard InChI is InChI=1S/C15H17NOS2/c1-2-15(18-5-1)10-6-12(19-9-10)8-16-13-7-11-3-4-14(13)17-11/h1-2,5-6,9,11,13-14,16H,3-4,7-8H2. The summed E-state index contributed by atoms with van der Waals surface area (Å²) in [5, 5.41) is 8.08. The van der Waals surface area contributed by atoms with E-state index in [1.165, 1.54) is 34.6 Å². The van der Waals surface area contributed by atoms with E-state index in [1.807, 2.05) is 22.7 Å². The Bertz CT molecular complexity index is 548. The lowest BCUT2D eigenvalue weighted by Crippen LogP contribution is -2.36. The Kier molecular flexibility index (Phi) is 3.19. The molecule has 4 heterocycles. The van der Waals surface area contributed by atoms with Crippen LogP contribution >= 0.6 is 22.7 Å². The van der Waals surface area contributed by atoms with Gasteiger partial charge in [-0.15, -0.1) is 22.7 Å². The van der Waals surface area contributed by atoms with Gasteiger partial charge in [0.15, 0.2) is 0 Å². The van der Waals surface area contributed by atoms with E-state index in [2.05, 4.69) is 34.3 Å². The lowest BCUT2D eigenvalue weighted by molar-refractivity contribution is 0.0973. The third-order valence-corrected chi connectivity index (χ3v) is 5.96. The first kappa shape index (κ1) is 12.1. The van der Waals surface area contributed by atoms with E-state index in [0.717, 1.165) is 6.54 Å². The van der Waals surface area contributed by atoms with Crippen molar-refractivity contribution in [1.29, 1.82) is 0 Å². The second-order valence-corrected chi connectivity index (χ2v) is 7.32. The minimum atomic E-state index is 0.474. The van der Waals surface area contributed by atoms with Crippen molar-refractivity contribution < 1.29 is 4.74 Å². The summed E-state index contributed by atoms with van der Waals surface area (Å²) >= 11 is 3.66. The fraction of sp³-hybridized carbons (Fsp3) is 0.467. The Hall–Kier alpha value is -0.680. The second kappa shape index (κ2) is 5.02.